The fraction of sp³-hybridized carbons (Fsp3) is 0.529. The minimum atomic E-state index is -0.775. The molecule has 23 heavy (non-hydrogen) atoms. The second-order valence-corrected chi connectivity index (χ2v) is 6.27. The van der Waals surface area contributed by atoms with E-state index < -0.39 is 5.97 Å². The highest BCUT2D eigenvalue weighted by Gasteiger charge is 2.23. The lowest BCUT2D eigenvalue weighted by Gasteiger charge is -2.32. The van der Waals surface area contributed by atoms with Crippen molar-refractivity contribution in [1.82, 2.24) is 4.90 Å². The van der Waals surface area contributed by atoms with Crippen molar-refractivity contribution in [2.45, 2.75) is 32.1 Å². The van der Waals surface area contributed by atoms with E-state index in [-0.39, 0.29) is 18.2 Å². The molecule has 0 bridgehead atoms. The zero-order valence-electron chi connectivity index (χ0n) is 13.0. The predicted molar refractivity (Wildman–Crippen MR) is 87.7 cm³/mol. The largest absolute Gasteiger partial charge is 0.493 e. The maximum Gasteiger partial charge on any atom is 0.303 e. The molecule has 126 valence electrons. The summed E-state index contributed by atoms with van der Waals surface area (Å²) in [5, 5.41) is 9.36. The third-order valence-corrected chi connectivity index (χ3v) is 4.25. The number of hydrogen-bond acceptors (Lipinski definition) is 3. The summed E-state index contributed by atoms with van der Waals surface area (Å²) in [7, 11) is 0. The van der Waals surface area contributed by atoms with E-state index in [1.54, 1.807) is 24.3 Å². The number of aliphatic carboxylic acids is 1. The monoisotopic (exact) mass is 339 g/mol. The van der Waals surface area contributed by atoms with Gasteiger partial charge in [-0.15, -0.1) is 0 Å². The topological polar surface area (TPSA) is 66.8 Å². The van der Waals surface area contributed by atoms with Crippen LogP contribution in [0.3, 0.4) is 0 Å². The number of likely N-dealkylation sites (tertiary alicyclic amines) is 1. The Bertz CT molecular complexity index is 549. The van der Waals surface area contributed by atoms with Gasteiger partial charge in [0, 0.05) is 24.5 Å². The second-order valence-electron chi connectivity index (χ2n) is 5.84. The van der Waals surface area contributed by atoms with Gasteiger partial charge in [0.25, 0.3) is 0 Å². The third kappa shape index (κ3) is 6.10. The quantitative estimate of drug-likeness (QED) is 0.828. The maximum absolute atomic E-state index is 12.2. The average Bonchev–Trinajstić information content (AvgIpc) is 2.53. The molecule has 1 N–H and O–H groups in total. The Morgan fingerprint density at radius 1 is 1.35 bits per heavy atom. The number of ether oxygens (including phenoxy) is 1. The van der Waals surface area contributed by atoms with Crippen LogP contribution in [-0.2, 0) is 9.59 Å². The van der Waals surface area contributed by atoms with Crippen LogP contribution < -0.4 is 4.74 Å². The van der Waals surface area contributed by atoms with Crippen molar-refractivity contribution in [3.05, 3.63) is 29.3 Å². The molecule has 1 saturated heterocycles. The molecule has 1 fully saturated rings. The lowest BCUT2D eigenvalue weighted by atomic mass is 9.93. The number of halogens is 1. The van der Waals surface area contributed by atoms with E-state index in [1.807, 2.05) is 4.90 Å². The summed E-state index contributed by atoms with van der Waals surface area (Å²) in [6.45, 7) is 1.72. The maximum atomic E-state index is 12.2. The molecular formula is C17H22ClNO4. The van der Waals surface area contributed by atoms with Crippen LogP contribution in [0.4, 0.5) is 0 Å². The zero-order chi connectivity index (χ0) is 16.7. The molecule has 1 aliphatic heterocycles. The van der Waals surface area contributed by atoms with Gasteiger partial charge < -0.3 is 14.7 Å². The van der Waals surface area contributed by atoms with Crippen molar-refractivity contribution in [3.63, 3.8) is 0 Å². The van der Waals surface area contributed by atoms with E-state index in [0.29, 0.717) is 36.8 Å². The lowest BCUT2D eigenvalue weighted by molar-refractivity contribution is -0.137. The van der Waals surface area contributed by atoms with Crippen LogP contribution >= 0.6 is 11.6 Å². The number of rotatable bonds is 7. The van der Waals surface area contributed by atoms with Gasteiger partial charge in [-0.25, -0.2) is 0 Å². The molecule has 0 aromatic heterocycles. The summed E-state index contributed by atoms with van der Waals surface area (Å²) in [6.07, 6.45) is 3.06. The normalized spacial score (nSPS) is 17.8. The molecule has 2 rings (SSSR count). The molecule has 5 nitrogen and oxygen atoms in total. The first-order valence-corrected chi connectivity index (χ1v) is 8.30. The molecule has 0 aliphatic carbocycles. The van der Waals surface area contributed by atoms with E-state index in [0.717, 1.165) is 19.4 Å². The number of hydrogen-bond donors (Lipinski definition) is 1. The molecule has 0 saturated carbocycles. The molecule has 0 unspecified atom stereocenters. The summed E-state index contributed by atoms with van der Waals surface area (Å²) in [5.74, 6) is 0.233. The fourth-order valence-electron chi connectivity index (χ4n) is 2.83. The molecule has 1 heterocycles. The molecular weight excluding hydrogens is 318 g/mol. The van der Waals surface area contributed by atoms with Gasteiger partial charge in [0.05, 0.1) is 13.0 Å². The van der Waals surface area contributed by atoms with E-state index in [1.165, 1.54) is 0 Å². The fourth-order valence-corrected chi connectivity index (χ4v) is 3.01. The molecule has 1 aromatic rings. The number of carboxylic acids is 1. The second kappa shape index (κ2) is 8.77. The van der Waals surface area contributed by atoms with Crippen LogP contribution in [0.5, 0.6) is 5.75 Å². The van der Waals surface area contributed by atoms with E-state index >= 15 is 0 Å². The van der Waals surface area contributed by atoms with Crippen molar-refractivity contribution in [1.29, 1.82) is 0 Å². The predicted octanol–water partition coefficient (Wildman–Crippen LogP) is 3.21. The Morgan fingerprint density at radius 3 is 2.91 bits per heavy atom. The smallest absolute Gasteiger partial charge is 0.303 e. The third-order valence-electron chi connectivity index (χ3n) is 4.02. The van der Waals surface area contributed by atoms with E-state index in [2.05, 4.69) is 0 Å². The van der Waals surface area contributed by atoms with Crippen molar-refractivity contribution >= 4 is 23.5 Å². The van der Waals surface area contributed by atoms with Gasteiger partial charge in [0.2, 0.25) is 5.91 Å². The highest BCUT2D eigenvalue weighted by atomic mass is 35.5. The van der Waals surface area contributed by atoms with Gasteiger partial charge in [-0.3, -0.25) is 9.59 Å². The molecule has 1 atom stereocenters. The highest BCUT2D eigenvalue weighted by molar-refractivity contribution is 6.30. The minimum absolute atomic E-state index is 0.0621. The van der Waals surface area contributed by atoms with Crippen LogP contribution in [0.25, 0.3) is 0 Å². The number of nitrogens with zero attached hydrogens (tertiary/aromatic N) is 1. The van der Waals surface area contributed by atoms with Crippen molar-refractivity contribution in [2.75, 3.05) is 19.7 Å². The van der Waals surface area contributed by atoms with Crippen molar-refractivity contribution in [3.8, 4) is 5.75 Å². The Morgan fingerprint density at radius 2 is 2.17 bits per heavy atom. The summed E-state index contributed by atoms with van der Waals surface area (Å²) in [6, 6.07) is 7.09. The van der Waals surface area contributed by atoms with Crippen LogP contribution in [-0.4, -0.2) is 41.6 Å². The first kappa shape index (κ1) is 17.6. The van der Waals surface area contributed by atoms with Gasteiger partial charge in [-0.1, -0.05) is 17.7 Å². The number of piperidine rings is 1. The first-order valence-electron chi connectivity index (χ1n) is 7.92. The summed E-state index contributed by atoms with van der Waals surface area (Å²) in [5.41, 5.74) is 0. The SMILES string of the molecule is O=C(O)CC[C@@H]1CCCN(C(=O)CCOc2cccc(Cl)c2)C1. The summed E-state index contributed by atoms with van der Waals surface area (Å²) >= 11 is 5.88. The molecule has 1 aromatic carbocycles. The number of benzene rings is 1. The first-order chi connectivity index (χ1) is 11.0. The zero-order valence-corrected chi connectivity index (χ0v) is 13.8. The Kier molecular flexibility index (Phi) is 6.71. The van der Waals surface area contributed by atoms with Gasteiger partial charge in [-0.05, 0) is 43.4 Å². The lowest BCUT2D eigenvalue weighted by Crippen LogP contribution is -2.40. The van der Waals surface area contributed by atoms with E-state index in [4.69, 9.17) is 21.4 Å². The van der Waals surface area contributed by atoms with Gasteiger partial charge in [0.1, 0.15) is 5.75 Å². The van der Waals surface area contributed by atoms with Gasteiger partial charge >= 0.3 is 5.97 Å². The van der Waals surface area contributed by atoms with E-state index in [9.17, 15) is 9.59 Å². The average molecular weight is 340 g/mol. The molecule has 1 aliphatic rings. The summed E-state index contributed by atoms with van der Waals surface area (Å²) < 4.78 is 5.54. The van der Waals surface area contributed by atoms with Crippen LogP contribution in [0.2, 0.25) is 5.02 Å². The molecule has 0 radical (unpaired) electrons. The number of carbonyl (C=O) groups excluding carboxylic acids is 1. The Balaban J connectivity index is 1.73. The van der Waals surface area contributed by atoms with Crippen LogP contribution in [0, 0.1) is 5.92 Å². The van der Waals surface area contributed by atoms with Gasteiger partial charge in [-0.2, -0.15) is 0 Å². The minimum Gasteiger partial charge on any atom is -0.493 e. The molecule has 0 spiro atoms. The molecule has 1 amide bonds. The van der Waals surface area contributed by atoms with Gasteiger partial charge in [0.15, 0.2) is 0 Å². The highest BCUT2D eigenvalue weighted by Crippen LogP contribution is 2.22. The standard InChI is InChI=1S/C17H22ClNO4/c18-14-4-1-5-15(11-14)23-10-8-16(20)19-9-2-3-13(12-19)6-7-17(21)22/h1,4-5,11,13H,2-3,6-10,12H2,(H,21,22)/t13-/m0/s1. The van der Waals surface area contributed by atoms with Crippen molar-refractivity contribution in [2.24, 2.45) is 5.92 Å². The number of carboxylic acid groups (broad SMARTS) is 1. The van der Waals surface area contributed by atoms with Crippen molar-refractivity contribution < 1.29 is 19.4 Å². The molecule has 6 heteroatoms. The van der Waals surface area contributed by atoms with Crippen LogP contribution in [0.15, 0.2) is 24.3 Å². The number of carbonyl (C=O) groups is 2. The summed E-state index contributed by atoms with van der Waals surface area (Å²) in [4.78, 5) is 24.7. The number of amides is 1. The van der Waals surface area contributed by atoms with Crippen LogP contribution in [0.1, 0.15) is 32.1 Å². The Labute approximate surface area is 141 Å². The Hall–Kier alpha value is -1.75.